The van der Waals surface area contributed by atoms with E-state index in [2.05, 4.69) is 39.6 Å². The van der Waals surface area contributed by atoms with Gasteiger partial charge in [-0.2, -0.15) is 36.4 Å². The van der Waals surface area contributed by atoms with Gasteiger partial charge in [-0.05, 0) is 18.2 Å². The molecule has 4 aromatic rings. The Morgan fingerprint density at radius 2 is 1.93 bits per heavy atom. The first-order valence-electron chi connectivity index (χ1n) is 11.2. The van der Waals surface area contributed by atoms with Crippen LogP contribution in [0.4, 0.5) is 38.0 Å². The van der Waals surface area contributed by atoms with Gasteiger partial charge < -0.3 is 19.1 Å². The highest BCUT2D eigenvalue weighted by atomic mass is 32.1. The van der Waals surface area contributed by atoms with Gasteiger partial charge in [0.05, 0.1) is 42.5 Å². The molecule has 5 rings (SSSR count). The minimum absolute atomic E-state index is 0.0240. The highest BCUT2D eigenvalue weighted by molar-refractivity contribution is 7.15. The average molecular weight is 586 g/mol. The Bertz CT molecular complexity index is 1500. The molecule has 1 aliphatic heterocycles. The molecule has 0 radical (unpaired) electrons. The molecule has 18 heteroatoms. The van der Waals surface area contributed by atoms with Gasteiger partial charge in [0, 0.05) is 24.4 Å². The van der Waals surface area contributed by atoms with E-state index >= 15 is 0 Å². The summed E-state index contributed by atoms with van der Waals surface area (Å²) >= 11 is 1.07. The highest BCUT2D eigenvalue weighted by Gasteiger charge is 2.63. The fourth-order valence-corrected chi connectivity index (χ4v) is 4.73. The molecule has 210 valence electrons. The maximum Gasteiger partial charge on any atom is 0.471 e. The number of amides is 1. The fourth-order valence-electron chi connectivity index (χ4n) is 3.81. The Balaban J connectivity index is 1.39. The van der Waals surface area contributed by atoms with E-state index in [0.29, 0.717) is 9.75 Å². The van der Waals surface area contributed by atoms with E-state index in [1.165, 1.54) is 35.6 Å². The molecule has 11 nitrogen and oxygen atoms in total. The lowest BCUT2D eigenvalue weighted by atomic mass is 9.92. The van der Waals surface area contributed by atoms with Crippen molar-refractivity contribution in [2.24, 2.45) is 0 Å². The number of rotatable bonds is 7. The predicted octanol–water partition coefficient (Wildman–Crippen LogP) is 4.14. The Morgan fingerprint density at radius 1 is 1.15 bits per heavy atom. The average Bonchev–Trinajstić information content (AvgIpc) is 3.57. The Morgan fingerprint density at radius 3 is 2.55 bits per heavy atom. The molecule has 0 unspecified atom stereocenters. The predicted molar refractivity (Wildman–Crippen MR) is 124 cm³/mol. The summed E-state index contributed by atoms with van der Waals surface area (Å²) in [6.45, 7) is -1.30. The normalized spacial score (nSPS) is 15.1. The van der Waals surface area contributed by atoms with Crippen molar-refractivity contribution in [3.05, 3.63) is 59.3 Å². The van der Waals surface area contributed by atoms with E-state index in [1.807, 2.05) is 0 Å². The van der Waals surface area contributed by atoms with E-state index < -0.39 is 42.8 Å². The minimum Gasteiger partial charge on any atom is -0.365 e. The smallest absolute Gasteiger partial charge is 0.365 e. The SMILES string of the molecule is COC1(C(F)(F)F)CN(C(=O)c2cnnc(N(Cc3ccc(-c4noc(C(F)(F)F)n4)s3)c3cnccn3)c2)C1. The third-order valence-corrected chi connectivity index (χ3v) is 7.01. The quantitative estimate of drug-likeness (QED) is 0.292. The molecule has 0 atom stereocenters. The van der Waals surface area contributed by atoms with Crippen molar-refractivity contribution in [2.45, 2.75) is 24.5 Å². The molecule has 5 heterocycles. The number of nitrogens with zero attached hydrogens (tertiary/aromatic N) is 8. The van der Waals surface area contributed by atoms with Crippen LogP contribution in [-0.4, -0.2) is 73.1 Å². The zero-order chi connectivity index (χ0) is 28.7. The van der Waals surface area contributed by atoms with Gasteiger partial charge in [0.15, 0.2) is 17.2 Å². The van der Waals surface area contributed by atoms with Gasteiger partial charge in [-0.3, -0.25) is 9.78 Å². The van der Waals surface area contributed by atoms with Gasteiger partial charge in [-0.25, -0.2) is 4.98 Å². The van der Waals surface area contributed by atoms with Crippen LogP contribution in [0.2, 0.25) is 0 Å². The summed E-state index contributed by atoms with van der Waals surface area (Å²) < 4.78 is 87.5. The molecule has 1 amide bonds. The number of carbonyl (C=O) groups excluding carboxylic acids is 1. The minimum atomic E-state index is -4.79. The highest BCUT2D eigenvalue weighted by Crippen LogP contribution is 2.41. The molecule has 0 aromatic carbocycles. The zero-order valence-corrected chi connectivity index (χ0v) is 21.0. The maximum atomic E-state index is 13.4. The molecule has 0 saturated carbocycles. The van der Waals surface area contributed by atoms with E-state index in [9.17, 15) is 31.1 Å². The van der Waals surface area contributed by atoms with Crippen LogP contribution in [-0.2, 0) is 17.5 Å². The van der Waals surface area contributed by atoms with E-state index in [1.54, 1.807) is 6.07 Å². The van der Waals surface area contributed by atoms with Crippen molar-refractivity contribution in [3.63, 3.8) is 0 Å². The van der Waals surface area contributed by atoms with Gasteiger partial charge in [-0.15, -0.1) is 16.4 Å². The topological polar surface area (TPSA) is 123 Å². The molecule has 0 spiro atoms. The molecule has 0 N–H and O–H groups in total. The number of carbonyl (C=O) groups is 1. The molecule has 40 heavy (non-hydrogen) atoms. The second-order valence-corrected chi connectivity index (χ2v) is 9.66. The lowest BCUT2D eigenvalue weighted by molar-refractivity contribution is -0.303. The van der Waals surface area contributed by atoms with Gasteiger partial charge in [0.25, 0.3) is 5.91 Å². The van der Waals surface area contributed by atoms with Crippen LogP contribution in [0.15, 0.2) is 47.5 Å². The summed E-state index contributed by atoms with van der Waals surface area (Å²) in [6.07, 6.45) is -4.08. The van der Waals surface area contributed by atoms with Crippen LogP contribution < -0.4 is 4.90 Å². The second-order valence-electron chi connectivity index (χ2n) is 8.50. The van der Waals surface area contributed by atoms with Gasteiger partial charge in [-0.1, -0.05) is 5.16 Å². The zero-order valence-electron chi connectivity index (χ0n) is 20.1. The Hall–Kier alpha value is -4.19. The first kappa shape index (κ1) is 27.4. The van der Waals surface area contributed by atoms with Crippen molar-refractivity contribution < 1.29 is 40.4 Å². The molecule has 1 saturated heterocycles. The van der Waals surface area contributed by atoms with Gasteiger partial charge >= 0.3 is 18.2 Å². The summed E-state index contributed by atoms with van der Waals surface area (Å²) in [5.41, 5.74) is -2.46. The monoisotopic (exact) mass is 586 g/mol. The number of anilines is 2. The lowest BCUT2D eigenvalue weighted by Gasteiger charge is -2.49. The van der Waals surface area contributed by atoms with Crippen LogP contribution in [0.1, 0.15) is 21.1 Å². The van der Waals surface area contributed by atoms with Crippen LogP contribution >= 0.6 is 11.3 Å². The largest absolute Gasteiger partial charge is 0.471 e. The van der Waals surface area contributed by atoms with Crippen molar-refractivity contribution in [1.82, 2.24) is 35.2 Å². The number of likely N-dealkylation sites (tertiary alicyclic amines) is 1. The summed E-state index contributed by atoms with van der Waals surface area (Å²) in [7, 11) is 0.935. The number of thiophene rings is 1. The van der Waals surface area contributed by atoms with Crippen LogP contribution in [0.3, 0.4) is 0 Å². The van der Waals surface area contributed by atoms with Crippen LogP contribution in [0.25, 0.3) is 10.7 Å². The molecule has 4 aromatic heterocycles. The molecular weight excluding hydrogens is 570 g/mol. The Labute approximate surface area is 224 Å². The lowest BCUT2D eigenvalue weighted by Crippen LogP contribution is -2.71. The summed E-state index contributed by atoms with van der Waals surface area (Å²) in [6, 6.07) is 4.47. The van der Waals surface area contributed by atoms with Crippen molar-refractivity contribution in [2.75, 3.05) is 25.1 Å². The molecule has 1 fully saturated rings. The van der Waals surface area contributed by atoms with E-state index in [4.69, 9.17) is 0 Å². The van der Waals surface area contributed by atoms with E-state index in [0.717, 1.165) is 29.5 Å². The first-order chi connectivity index (χ1) is 18.9. The van der Waals surface area contributed by atoms with Crippen molar-refractivity contribution in [1.29, 1.82) is 0 Å². The Kier molecular flexibility index (Phi) is 6.90. The molecule has 0 bridgehead atoms. The number of hydrogen-bond donors (Lipinski definition) is 0. The molecule has 0 aliphatic carbocycles. The maximum absolute atomic E-state index is 13.4. The van der Waals surface area contributed by atoms with Gasteiger partial charge in [0.1, 0.15) is 0 Å². The number of hydrogen-bond acceptors (Lipinski definition) is 11. The number of halogens is 6. The van der Waals surface area contributed by atoms with E-state index in [-0.39, 0.29) is 29.6 Å². The standard InChI is InChI=1S/C22H16F6N8O3S/c1-38-20(22(26,27)28)10-35(11-20)18(37)12-6-15(33-31-7-12)36(16-8-29-4-5-30-16)9-13-2-3-14(40-13)17-32-19(39-34-17)21(23,24)25/h2-8H,9-11H2,1H3. The summed E-state index contributed by atoms with van der Waals surface area (Å²) in [4.78, 5) is 28.0. The van der Waals surface area contributed by atoms with Crippen LogP contribution in [0.5, 0.6) is 0 Å². The third-order valence-electron chi connectivity index (χ3n) is 5.94. The first-order valence-corrected chi connectivity index (χ1v) is 12.0. The van der Waals surface area contributed by atoms with Crippen molar-refractivity contribution in [3.8, 4) is 10.7 Å². The second kappa shape index (κ2) is 10.1. The molecular formula is C22H16F6N8O3S. The number of methoxy groups -OCH3 is 1. The number of ether oxygens (including phenoxy) is 1. The summed E-state index contributed by atoms with van der Waals surface area (Å²) in [5.74, 6) is -2.02. The third kappa shape index (κ3) is 5.18. The van der Waals surface area contributed by atoms with Crippen LogP contribution in [0, 0.1) is 0 Å². The number of alkyl halides is 6. The summed E-state index contributed by atoms with van der Waals surface area (Å²) in [5, 5.41) is 11.3. The fraction of sp³-hybridized carbons (Fsp3) is 0.318. The van der Waals surface area contributed by atoms with Crippen molar-refractivity contribution >= 4 is 28.9 Å². The van der Waals surface area contributed by atoms with Gasteiger partial charge in [0.2, 0.25) is 5.82 Å². The molecule has 1 aliphatic rings. The number of aromatic nitrogens is 6.